The molecule has 0 fully saturated rings. The van der Waals surface area contributed by atoms with Crippen molar-refractivity contribution >= 4 is 22.5 Å². The van der Waals surface area contributed by atoms with Crippen LogP contribution in [0.1, 0.15) is 0 Å². The lowest BCUT2D eigenvalue weighted by Gasteiger charge is -2.09. The van der Waals surface area contributed by atoms with Gasteiger partial charge in [-0.3, -0.25) is 0 Å². The van der Waals surface area contributed by atoms with E-state index in [1.807, 2.05) is 42.5 Å². The van der Waals surface area contributed by atoms with Crippen LogP contribution in [0.15, 0.2) is 42.5 Å². The molecule has 0 aliphatic carbocycles. The summed E-state index contributed by atoms with van der Waals surface area (Å²) in [7, 11) is 3.23. The highest BCUT2D eigenvalue weighted by Crippen LogP contribution is 2.31. The first-order valence-electron chi connectivity index (χ1n) is 6.37. The Morgan fingerprint density at radius 2 is 1.76 bits per heavy atom. The van der Waals surface area contributed by atoms with Gasteiger partial charge in [-0.2, -0.15) is 0 Å². The van der Waals surface area contributed by atoms with E-state index in [9.17, 15) is 0 Å². The van der Waals surface area contributed by atoms with Crippen LogP contribution in [0.25, 0.3) is 22.3 Å². The number of nitrogens with zero attached hydrogens (tertiary/aromatic N) is 2. The molecule has 1 aromatic heterocycles. The number of para-hydroxylation sites is 1. The second-order valence-corrected chi connectivity index (χ2v) is 4.78. The maximum Gasteiger partial charge on any atom is 0.165 e. The molecule has 0 radical (unpaired) electrons. The predicted octanol–water partition coefficient (Wildman–Crippen LogP) is 3.97. The van der Waals surface area contributed by atoms with Gasteiger partial charge in [-0.25, -0.2) is 9.97 Å². The molecular weight excluding hydrogens is 288 g/mol. The summed E-state index contributed by atoms with van der Waals surface area (Å²) in [6, 6.07) is 13.1. The summed E-state index contributed by atoms with van der Waals surface area (Å²) in [6.45, 7) is 0. The van der Waals surface area contributed by atoms with Gasteiger partial charge in [0.2, 0.25) is 0 Å². The highest BCUT2D eigenvalue weighted by atomic mass is 35.5. The number of methoxy groups -OCH3 is 2. The van der Waals surface area contributed by atoms with Gasteiger partial charge in [-0.05, 0) is 30.3 Å². The summed E-state index contributed by atoms with van der Waals surface area (Å²) in [5.74, 6) is 1.97. The third kappa shape index (κ3) is 2.50. The van der Waals surface area contributed by atoms with Gasteiger partial charge in [0.1, 0.15) is 16.7 Å². The lowest BCUT2D eigenvalue weighted by molar-refractivity contribution is 0.415. The van der Waals surface area contributed by atoms with Crippen molar-refractivity contribution in [3.05, 3.63) is 47.6 Å². The van der Waals surface area contributed by atoms with Crippen molar-refractivity contribution in [1.29, 1.82) is 0 Å². The second-order valence-electron chi connectivity index (χ2n) is 4.42. The summed E-state index contributed by atoms with van der Waals surface area (Å²) >= 11 is 6.29. The molecule has 2 aromatic carbocycles. The van der Waals surface area contributed by atoms with Gasteiger partial charge in [-0.1, -0.05) is 23.7 Å². The van der Waals surface area contributed by atoms with E-state index < -0.39 is 0 Å². The summed E-state index contributed by atoms with van der Waals surface area (Å²) in [5.41, 5.74) is 1.57. The van der Waals surface area contributed by atoms with Crippen LogP contribution in [0.4, 0.5) is 0 Å². The van der Waals surface area contributed by atoms with Gasteiger partial charge in [-0.15, -0.1) is 0 Å². The Morgan fingerprint density at radius 1 is 0.952 bits per heavy atom. The fraction of sp³-hybridized carbons (Fsp3) is 0.125. The molecule has 0 saturated carbocycles. The first-order chi connectivity index (χ1) is 10.2. The average molecular weight is 301 g/mol. The van der Waals surface area contributed by atoms with Crippen molar-refractivity contribution in [2.24, 2.45) is 0 Å². The summed E-state index contributed by atoms with van der Waals surface area (Å²) in [6.07, 6.45) is 0. The second kappa shape index (κ2) is 5.58. The molecule has 21 heavy (non-hydrogen) atoms. The number of rotatable bonds is 3. The van der Waals surface area contributed by atoms with E-state index >= 15 is 0 Å². The Labute approximate surface area is 127 Å². The SMILES string of the molecule is COc1ccc2nc(-c3ccccc3OC)nc(Cl)c2c1. The third-order valence-corrected chi connectivity index (χ3v) is 3.49. The van der Waals surface area contributed by atoms with Crippen LogP contribution >= 0.6 is 11.6 Å². The van der Waals surface area contributed by atoms with Crippen LogP contribution in [-0.2, 0) is 0 Å². The van der Waals surface area contributed by atoms with Gasteiger partial charge in [0.05, 0.1) is 25.3 Å². The number of aromatic nitrogens is 2. The van der Waals surface area contributed by atoms with Crippen molar-refractivity contribution in [1.82, 2.24) is 9.97 Å². The van der Waals surface area contributed by atoms with Gasteiger partial charge in [0.25, 0.3) is 0 Å². The molecule has 5 heteroatoms. The molecule has 0 atom stereocenters. The fourth-order valence-corrected chi connectivity index (χ4v) is 2.38. The van der Waals surface area contributed by atoms with E-state index in [0.717, 1.165) is 22.2 Å². The number of benzene rings is 2. The molecule has 3 aromatic rings. The van der Waals surface area contributed by atoms with Crippen LogP contribution in [0.2, 0.25) is 5.15 Å². The maximum absolute atomic E-state index is 6.29. The summed E-state index contributed by atoms with van der Waals surface area (Å²) in [4.78, 5) is 8.93. The number of fused-ring (bicyclic) bond motifs is 1. The third-order valence-electron chi connectivity index (χ3n) is 3.20. The monoisotopic (exact) mass is 300 g/mol. The number of hydrogen-bond donors (Lipinski definition) is 0. The molecule has 0 amide bonds. The molecule has 0 aliphatic rings. The zero-order valence-electron chi connectivity index (χ0n) is 11.6. The number of hydrogen-bond acceptors (Lipinski definition) is 4. The first kappa shape index (κ1) is 13.6. The average Bonchev–Trinajstić information content (AvgIpc) is 2.54. The molecule has 4 nitrogen and oxygen atoms in total. The number of halogens is 1. The Morgan fingerprint density at radius 3 is 2.52 bits per heavy atom. The maximum atomic E-state index is 6.29. The van der Waals surface area contributed by atoms with Crippen molar-refractivity contribution in [2.75, 3.05) is 14.2 Å². The van der Waals surface area contributed by atoms with Crippen LogP contribution < -0.4 is 9.47 Å². The van der Waals surface area contributed by atoms with Crippen LogP contribution in [0.5, 0.6) is 11.5 Å². The quantitative estimate of drug-likeness (QED) is 0.687. The highest BCUT2D eigenvalue weighted by molar-refractivity contribution is 6.34. The lowest BCUT2D eigenvalue weighted by atomic mass is 10.1. The van der Waals surface area contributed by atoms with Crippen molar-refractivity contribution in [3.63, 3.8) is 0 Å². The van der Waals surface area contributed by atoms with E-state index in [4.69, 9.17) is 21.1 Å². The minimum Gasteiger partial charge on any atom is -0.497 e. The molecular formula is C16H13ClN2O2. The van der Waals surface area contributed by atoms with Gasteiger partial charge in [0, 0.05) is 5.39 Å². The van der Waals surface area contributed by atoms with E-state index in [-0.39, 0.29) is 0 Å². The predicted molar refractivity (Wildman–Crippen MR) is 83.1 cm³/mol. The summed E-state index contributed by atoms with van der Waals surface area (Å²) < 4.78 is 10.5. The van der Waals surface area contributed by atoms with E-state index in [0.29, 0.717) is 16.7 Å². The van der Waals surface area contributed by atoms with E-state index in [1.165, 1.54) is 0 Å². The molecule has 0 aliphatic heterocycles. The molecule has 0 N–H and O–H groups in total. The Balaban J connectivity index is 2.21. The van der Waals surface area contributed by atoms with Gasteiger partial charge < -0.3 is 9.47 Å². The van der Waals surface area contributed by atoms with Crippen molar-refractivity contribution < 1.29 is 9.47 Å². The molecule has 106 valence electrons. The number of ether oxygens (including phenoxy) is 2. The highest BCUT2D eigenvalue weighted by Gasteiger charge is 2.12. The smallest absolute Gasteiger partial charge is 0.165 e. The van der Waals surface area contributed by atoms with Gasteiger partial charge >= 0.3 is 0 Å². The minimum absolute atomic E-state index is 0.389. The van der Waals surface area contributed by atoms with Gasteiger partial charge in [0.15, 0.2) is 5.82 Å². The van der Waals surface area contributed by atoms with Crippen molar-refractivity contribution in [3.8, 4) is 22.9 Å². The zero-order valence-corrected chi connectivity index (χ0v) is 12.4. The van der Waals surface area contributed by atoms with E-state index in [2.05, 4.69) is 9.97 Å². The molecule has 0 unspecified atom stereocenters. The molecule has 0 bridgehead atoms. The first-order valence-corrected chi connectivity index (χ1v) is 6.75. The van der Waals surface area contributed by atoms with Crippen LogP contribution in [0.3, 0.4) is 0 Å². The van der Waals surface area contributed by atoms with E-state index in [1.54, 1.807) is 14.2 Å². The van der Waals surface area contributed by atoms with Crippen molar-refractivity contribution in [2.45, 2.75) is 0 Å². The molecule has 0 saturated heterocycles. The molecule has 0 spiro atoms. The molecule has 1 heterocycles. The lowest BCUT2D eigenvalue weighted by Crippen LogP contribution is -1.95. The normalized spacial score (nSPS) is 10.6. The zero-order chi connectivity index (χ0) is 14.8. The molecule has 3 rings (SSSR count). The Hall–Kier alpha value is -2.33. The summed E-state index contributed by atoms with van der Waals surface area (Å²) in [5, 5.41) is 1.15. The van der Waals surface area contributed by atoms with Crippen LogP contribution in [0, 0.1) is 0 Å². The fourth-order valence-electron chi connectivity index (χ4n) is 2.15. The van der Waals surface area contributed by atoms with Crippen LogP contribution in [-0.4, -0.2) is 24.2 Å². The Kier molecular flexibility index (Phi) is 3.62. The Bertz CT molecular complexity index is 805. The minimum atomic E-state index is 0.389. The standard InChI is InChI=1S/C16H13ClN2O2/c1-20-10-7-8-13-12(9-10)15(17)19-16(18-13)11-5-3-4-6-14(11)21-2/h3-9H,1-2H3. The topological polar surface area (TPSA) is 44.2 Å². The largest absolute Gasteiger partial charge is 0.497 e.